The summed E-state index contributed by atoms with van der Waals surface area (Å²) in [5.41, 5.74) is 4.89. The monoisotopic (exact) mass is 491 g/mol. The van der Waals surface area contributed by atoms with Gasteiger partial charge in [0, 0.05) is 26.2 Å². The Labute approximate surface area is 208 Å². The molecule has 1 saturated heterocycles. The lowest BCUT2D eigenvalue weighted by Crippen LogP contribution is -2.52. The number of anilines is 1. The van der Waals surface area contributed by atoms with Crippen LogP contribution in [0.15, 0.2) is 78.9 Å². The number of hydrogen-bond donors (Lipinski definition) is 0. The molecule has 0 spiro atoms. The fourth-order valence-corrected chi connectivity index (χ4v) is 5.67. The fourth-order valence-electron chi connectivity index (χ4n) is 4.83. The van der Waals surface area contributed by atoms with Gasteiger partial charge in [-0.1, -0.05) is 66.7 Å². The van der Waals surface area contributed by atoms with Crippen LogP contribution in [-0.4, -0.2) is 63.1 Å². The van der Waals surface area contributed by atoms with Crippen molar-refractivity contribution in [2.75, 3.05) is 43.3 Å². The van der Waals surface area contributed by atoms with Gasteiger partial charge in [-0.2, -0.15) is 0 Å². The molecule has 0 radical (unpaired) electrons. The summed E-state index contributed by atoms with van der Waals surface area (Å²) in [7, 11) is -3.61. The number of sulfonamides is 1. The smallest absolute Gasteiger partial charge is 0.243 e. The highest BCUT2D eigenvalue weighted by Gasteiger charge is 2.30. The summed E-state index contributed by atoms with van der Waals surface area (Å²) in [5, 5.41) is 0. The first-order valence-electron chi connectivity index (χ1n) is 11.9. The van der Waals surface area contributed by atoms with Crippen LogP contribution in [0.4, 0.5) is 5.69 Å². The van der Waals surface area contributed by atoms with E-state index in [1.54, 1.807) is 4.90 Å². The van der Waals surface area contributed by atoms with Crippen molar-refractivity contribution in [3.8, 4) is 0 Å². The van der Waals surface area contributed by atoms with Crippen molar-refractivity contribution in [1.29, 1.82) is 0 Å². The van der Waals surface area contributed by atoms with E-state index in [4.69, 9.17) is 0 Å². The van der Waals surface area contributed by atoms with Gasteiger partial charge in [0.15, 0.2) is 0 Å². The maximum Gasteiger partial charge on any atom is 0.243 e. The molecule has 0 saturated carbocycles. The Kier molecular flexibility index (Phi) is 7.57. The first-order chi connectivity index (χ1) is 16.7. The SMILES string of the molecule is Cc1cc(C)cc(N(CC(=O)N2CCN(C(c3ccccc3)c3ccccc3)CC2)S(C)(=O)=O)c1. The summed E-state index contributed by atoms with van der Waals surface area (Å²) in [5.74, 6) is -0.176. The molecule has 7 heteroatoms. The summed E-state index contributed by atoms with van der Waals surface area (Å²) in [6, 6.07) is 26.5. The van der Waals surface area contributed by atoms with Gasteiger partial charge < -0.3 is 4.90 Å². The number of carbonyl (C=O) groups is 1. The van der Waals surface area contributed by atoms with Crippen molar-refractivity contribution < 1.29 is 13.2 Å². The van der Waals surface area contributed by atoms with Gasteiger partial charge in [-0.3, -0.25) is 14.0 Å². The molecule has 3 aromatic carbocycles. The third-order valence-electron chi connectivity index (χ3n) is 6.44. The predicted octanol–water partition coefficient (Wildman–Crippen LogP) is 4.00. The minimum Gasteiger partial charge on any atom is -0.339 e. The van der Waals surface area contributed by atoms with Gasteiger partial charge in [-0.25, -0.2) is 8.42 Å². The number of hydrogen-bond acceptors (Lipinski definition) is 4. The van der Waals surface area contributed by atoms with E-state index in [1.807, 2.05) is 44.2 Å². The molecule has 1 aliphatic rings. The predicted molar refractivity (Wildman–Crippen MR) is 141 cm³/mol. The van der Waals surface area contributed by atoms with E-state index in [0.29, 0.717) is 31.9 Å². The van der Waals surface area contributed by atoms with Crippen LogP contribution in [0.25, 0.3) is 0 Å². The van der Waals surface area contributed by atoms with Gasteiger partial charge in [0.25, 0.3) is 0 Å². The lowest BCUT2D eigenvalue weighted by Gasteiger charge is -2.40. The first kappa shape index (κ1) is 24.9. The number of rotatable bonds is 7. The molecule has 184 valence electrons. The van der Waals surface area contributed by atoms with Crippen molar-refractivity contribution >= 4 is 21.6 Å². The molecule has 0 N–H and O–H groups in total. The van der Waals surface area contributed by atoms with Crippen molar-refractivity contribution in [3.05, 3.63) is 101 Å². The van der Waals surface area contributed by atoms with E-state index in [0.717, 1.165) is 17.4 Å². The summed E-state index contributed by atoms with van der Waals surface area (Å²) in [4.78, 5) is 17.4. The van der Waals surface area contributed by atoms with Crippen molar-refractivity contribution in [3.63, 3.8) is 0 Å². The Balaban J connectivity index is 1.48. The quantitative estimate of drug-likeness (QED) is 0.501. The molecule has 0 aliphatic carbocycles. The average molecular weight is 492 g/mol. The van der Waals surface area contributed by atoms with Crippen molar-refractivity contribution in [1.82, 2.24) is 9.80 Å². The van der Waals surface area contributed by atoms with Crippen molar-refractivity contribution in [2.24, 2.45) is 0 Å². The summed E-state index contributed by atoms with van der Waals surface area (Å²) < 4.78 is 26.4. The second-order valence-electron chi connectivity index (χ2n) is 9.26. The molecule has 1 fully saturated rings. The fraction of sp³-hybridized carbons (Fsp3) is 0.321. The molecule has 1 heterocycles. The average Bonchev–Trinajstić information content (AvgIpc) is 2.83. The third-order valence-corrected chi connectivity index (χ3v) is 7.58. The molecule has 0 atom stereocenters. The molecule has 6 nitrogen and oxygen atoms in total. The Morgan fingerprint density at radius 1 is 0.829 bits per heavy atom. The van der Waals surface area contributed by atoms with E-state index in [9.17, 15) is 13.2 Å². The molecule has 4 rings (SSSR count). The van der Waals surface area contributed by atoms with Crippen molar-refractivity contribution in [2.45, 2.75) is 19.9 Å². The van der Waals surface area contributed by atoms with Gasteiger partial charge in [-0.05, 0) is 48.2 Å². The maximum absolute atomic E-state index is 13.2. The molecular weight excluding hydrogens is 458 g/mol. The lowest BCUT2D eigenvalue weighted by molar-refractivity contribution is -0.131. The molecule has 1 aliphatic heterocycles. The summed E-state index contributed by atoms with van der Waals surface area (Å²) in [6.07, 6.45) is 1.15. The minimum absolute atomic E-state index is 0.109. The number of nitrogens with zero attached hydrogens (tertiary/aromatic N) is 3. The van der Waals surface area contributed by atoms with Crippen LogP contribution in [0, 0.1) is 13.8 Å². The zero-order valence-electron chi connectivity index (χ0n) is 20.6. The molecule has 35 heavy (non-hydrogen) atoms. The molecule has 0 unspecified atom stereocenters. The maximum atomic E-state index is 13.2. The lowest BCUT2D eigenvalue weighted by atomic mass is 9.96. The highest BCUT2D eigenvalue weighted by Crippen LogP contribution is 2.29. The van der Waals surface area contributed by atoms with Gasteiger partial charge in [0.1, 0.15) is 6.54 Å². The second kappa shape index (κ2) is 10.6. The van der Waals surface area contributed by atoms with E-state index in [2.05, 4.69) is 53.4 Å². The first-order valence-corrected chi connectivity index (χ1v) is 13.7. The molecule has 0 bridgehead atoms. The molecule has 1 amide bonds. The van der Waals surface area contributed by atoms with Crippen LogP contribution in [0.1, 0.15) is 28.3 Å². The second-order valence-corrected chi connectivity index (χ2v) is 11.2. The van der Waals surface area contributed by atoms with Crippen LogP contribution < -0.4 is 4.31 Å². The molecular formula is C28H33N3O3S. The number of piperazine rings is 1. The summed E-state index contributed by atoms with van der Waals surface area (Å²) in [6.45, 7) is 6.19. The zero-order valence-corrected chi connectivity index (χ0v) is 21.4. The summed E-state index contributed by atoms with van der Waals surface area (Å²) >= 11 is 0. The topological polar surface area (TPSA) is 60.9 Å². The van der Waals surface area contributed by atoms with E-state index in [1.165, 1.54) is 15.4 Å². The van der Waals surface area contributed by atoms with Crippen LogP contribution in [0.5, 0.6) is 0 Å². The highest BCUT2D eigenvalue weighted by atomic mass is 32.2. The minimum atomic E-state index is -3.61. The third kappa shape index (κ3) is 6.10. The highest BCUT2D eigenvalue weighted by molar-refractivity contribution is 7.92. The Morgan fingerprint density at radius 2 is 1.31 bits per heavy atom. The Hall–Kier alpha value is -3.16. The Morgan fingerprint density at radius 3 is 1.77 bits per heavy atom. The van der Waals surface area contributed by atoms with E-state index < -0.39 is 10.0 Å². The standard InChI is InChI=1S/C28H33N3O3S/c1-22-18-23(2)20-26(19-22)31(35(3,33)34)21-27(32)29-14-16-30(17-15-29)28(24-10-6-4-7-11-24)25-12-8-5-9-13-25/h4-13,18-20,28H,14-17,21H2,1-3H3. The van der Waals surface area contributed by atoms with Crippen LogP contribution in [0.3, 0.4) is 0 Å². The van der Waals surface area contributed by atoms with Gasteiger partial charge in [-0.15, -0.1) is 0 Å². The Bertz CT molecular complexity index is 1200. The largest absolute Gasteiger partial charge is 0.339 e. The van der Waals surface area contributed by atoms with Gasteiger partial charge in [0.05, 0.1) is 18.0 Å². The van der Waals surface area contributed by atoms with Gasteiger partial charge in [0.2, 0.25) is 15.9 Å². The van der Waals surface area contributed by atoms with E-state index >= 15 is 0 Å². The number of amides is 1. The molecule has 3 aromatic rings. The number of carbonyl (C=O) groups excluding carboxylic acids is 1. The van der Waals surface area contributed by atoms with Crippen LogP contribution in [-0.2, 0) is 14.8 Å². The molecule has 0 aromatic heterocycles. The van der Waals surface area contributed by atoms with Crippen LogP contribution in [0.2, 0.25) is 0 Å². The normalized spacial score (nSPS) is 14.8. The number of aryl methyl sites for hydroxylation is 2. The number of benzene rings is 3. The zero-order chi connectivity index (χ0) is 25.0. The van der Waals surface area contributed by atoms with E-state index in [-0.39, 0.29) is 18.5 Å². The van der Waals surface area contributed by atoms with Crippen LogP contribution >= 0.6 is 0 Å². The van der Waals surface area contributed by atoms with Gasteiger partial charge >= 0.3 is 0 Å².